The fourth-order valence-electron chi connectivity index (χ4n) is 3.21. The number of hydrogen-bond acceptors (Lipinski definition) is 4. The van der Waals surface area contributed by atoms with E-state index < -0.39 is 5.91 Å². The first kappa shape index (κ1) is 31.4. The number of nitrogens with one attached hydrogen (secondary N) is 1. The second-order valence-corrected chi connectivity index (χ2v) is 8.64. The van der Waals surface area contributed by atoms with Gasteiger partial charge in [0.15, 0.2) is 0 Å². The number of quaternary nitrogens is 1. The number of carbonyl (C=O) groups excluding carboxylic acids is 2. The zero-order valence-corrected chi connectivity index (χ0v) is 21.1. The predicted octanol–water partition coefficient (Wildman–Crippen LogP) is 2.18. The topological polar surface area (TPSA) is 57.0 Å². The van der Waals surface area contributed by atoms with Gasteiger partial charge >= 0.3 is 17.8 Å². The zero-order valence-electron chi connectivity index (χ0n) is 20.3. The van der Waals surface area contributed by atoms with Gasteiger partial charge in [0.1, 0.15) is 0 Å². The minimum atomic E-state index is -1.25. The molecule has 0 rings (SSSR count). The summed E-state index contributed by atoms with van der Waals surface area (Å²) in [6.45, 7) is 6.09. The largest absolute Gasteiger partial charge is 1.00 e. The molecule has 30 heavy (non-hydrogen) atoms. The van der Waals surface area contributed by atoms with Crippen molar-refractivity contribution in [1.29, 1.82) is 0 Å². The molecule has 5 nitrogen and oxygen atoms in total. The van der Waals surface area contributed by atoms with E-state index in [9.17, 15) is 9.59 Å². The summed E-state index contributed by atoms with van der Waals surface area (Å²) in [5.74, 6) is -1.83. The molecule has 0 aromatic heterocycles. The minimum Gasteiger partial charge on any atom is -1.00 e. The SMILES string of the molecule is CCCCCCCCCC(=O)OC(C)(OC(=O)CCCCCCCCC)[NH+](C)C.[Cl-]. The van der Waals surface area contributed by atoms with Gasteiger partial charge in [0.25, 0.3) is 0 Å². The van der Waals surface area contributed by atoms with Gasteiger partial charge in [0.05, 0.1) is 21.0 Å². The molecule has 0 saturated heterocycles. The van der Waals surface area contributed by atoms with Crippen LogP contribution >= 0.6 is 0 Å². The van der Waals surface area contributed by atoms with Crippen LogP contribution in [0.2, 0.25) is 0 Å². The third-order valence-electron chi connectivity index (χ3n) is 5.49. The third-order valence-corrected chi connectivity index (χ3v) is 5.49. The van der Waals surface area contributed by atoms with Gasteiger partial charge in [-0.15, -0.1) is 0 Å². The number of esters is 2. The summed E-state index contributed by atoms with van der Waals surface area (Å²) < 4.78 is 11.1. The molecule has 0 aliphatic heterocycles. The molecule has 0 spiro atoms. The van der Waals surface area contributed by atoms with Crippen molar-refractivity contribution in [2.24, 2.45) is 0 Å². The molecule has 0 aliphatic rings. The van der Waals surface area contributed by atoms with Gasteiger partial charge in [0, 0.05) is 12.8 Å². The Balaban J connectivity index is 0. The maximum Gasteiger partial charge on any atom is 0.403 e. The first-order valence-electron chi connectivity index (χ1n) is 12.1. The van der Waals surface area contributed by atoms with Crippen molar-refractivity contribution in [2.75, 3.05) is 14.1 Å². The highest BCUT2D eigenvalue weighted by Gasteiger charge is 2.40. The van der Waals surface area contributed by atoms with Gasteiger partial charge in [0.2, 0.25) is 0 Å². The van der Waals surface area contributed by atoms with E-state index in [1.54, 1.807) is 6.92 Å². The Morgan fingerprint density at radius 3 is 1.23 bits per heavy atom. The second-order valence-electron chi connectivity index (χ2n) is 8.64. The van der Waals surface area contributed by atoms with Crippen molar-refractivity contribution in [3.63, 3.8) is 0 Å². The predicted molar refractivity (Wildman–Crippen MR) is 119 cm³/mol. The Bertz CT molecular complexity index is 397. The fourth-order valence-corrected chi connectivity index (χ4v) is 3.21. The van der Waals surface area contributed by atoms with E-state index in [0.29, 0.717) is 12.8 Å². The molecule has 0 aliphatic carbocycles. The lowest BCUT2D eigenvalue weighted by molar-refractivity contribution is -0.966. The van der Waals surface area contributed by atoms with Crippen LogP contribution in [0, 0.1) is 0 Å². The normalized spacial score (nSPS) is 11.3. The Morgan fingerprint density at radius 2 is 0.933 bits per heavy atom. The van der Waals surface area contributed by atoms with Crippen LogP contribution in [-0.2, 0) is 19.1 Å². The Morgan fingerprint density at radius 1 is 0.633 bits per heavy atom. The van der Waals surface area contributed by atoms with Gasteiger partial charge in [-0.05, 0) is 12.8 Å². The first-order chi connectivity index (χ1) is 13.9. The lowest BCUT2D eigenvalue weighted by atomic mass is 10.1. The first-order valence-corrected chi connectivity index (χ1v) is 12.1. The van der Waals surface area contributed by atoms with Crippen molar-refractivity contribution in [1.82, 2.24) is 0 Å². The number of halogens is 1. The van der Waals surface area contributed by atoms with Crippen LogP contribution in [0.1, 0.15) is 124 Å². The molecule has 0 aromatic carbocycles. The molecule has 0 unspecified atom stereocenters. The number of unbranched alkanes of at least 4 members (excludes halogenated alkanes) is 12. The van der Waals surface area contributed by atoms with Crippen molar-refractivity contribution < 1.29 is 36.4 Å². The molecule has 6 heteroatoms. The van der Waals surface area contributed by atoms with Gasteiger partial charge < -0.3 is 21.9 Å². The summed E-state index contributed by atoms with van der Waals surface area (Å²) in [7, 11) is 3.67. The van der Waals surface area contributed by atoms with Crippen LogP contribution < -0.4 is 17.3 Å². The van der Waals surface area contributed by atoms with Crippen LogP contribution in [0.3, 0.4) is 0 Å². The maximum absolute atomic E-state index is 12.2. The van der Waals surface area contributed by atoms with E-state index in [0.717, 1.165) is 43.4 Å². The highest BCUT2D eigenvalue weighted by molar-refractivity contribution is 5.71. The summed E-state index contributed by atoms with van der Waals surface area (Å²) in [6.07, 6.45) is 16.9. The van der Waals surface area contributed by atoms with E-state index in [1.165, 1.54) is 51.4 Å². The highest BCUT2D eigenvalue weighted by atomic mass is 35.5. The average molecular weight is 450 g/mol. The standard InChI is InChI=1S/C24H47NO4.ClH/c1-6-8-10-12-14-16-18-20-22(26)28-24(3,25(4)5)29-23(27)21-19-17-15-13-11-9-7-2;/h6-21H2,1-5H3;1H. The van der Waals surface area contributed by atoms with E-state index in [1.807, 2.05) is 14.1 Å². The van der Waals surface area contributed by atoms with Gasteiger partial charge in [-0.2, -0.15) is 0 Å². The number of carbonyl (C=O) groups is 2. The van der Waals surface area contributed by atoms with Gasteiger partial charge in [-0.1, -0.05) is 90.9 Å². The lowest BCUT2D eigenvalue weighted by Crippen LogP contribution is -3.15. The average Bonchev–Trinajstić information content (AvgIpc) is 2.66. The number of rotatable bonds is 19. The van der Waals surface area contributed by atoms with Crippen LogP contribution in [0.25, 0.3) is 0 Å². The van der Waals surface area contributed by atoms with Crippen molar-refractivity contribution in [2.45, 2.75) is 129 Å². The summed E-state index contributed by atoms with van der Waals surface area (Å²) in [5.41, 5.74) is 0. The van der Waals surface area contributed by atoms with Crippen molar-refractivity contribution in [3.8, 4) is 0 Å². The minimum absolute atomic E-state index is 0. The van der Waals surface area contributed by atoms with E-state index >= 15 is 0 Å². The molecule has 1 N–H and O–H groups in total. The molecule has 0 heterocycles. The molecule has 0 bridgehead atoms. The van der Waals surface area contributed by atoms with E-state index in [-0.39, 0.29) is 24.3 Å². The Hall–Kier alpha value is -0.810. The van der Waals surface area contributed by atoms with Crippen LogP contribution in [-0.4, -0.2) is 31.9 Å². The molecule has 0 aromatic rings. The van der Waals surface area contributed by atoms with Gasteiger partial charge in [-0.25, -0.2) is 0 Å². The molecule has 180 valence electrons. The molecule has 0 fully saturated rings. The van der Waals surface area contributed by atoms with Gasteiger partial charge in [-0.3, -0.25) is 14.5 Å². The monoisotopic (exact) mass is 449 g/mol. The number of hydrogen-bond donors (Lipinski definition) is 1. The molecule has 0 amide bonds. The molecule has 0 atom stereocenters. The molecular weight excluding hydrogens is 402 g/mol. The quantitative estimate of drug-likeness (QED) is 0.186. The zero-order chi connectivity index (χ0) is 22.0. The van der Waals surface area contributed by atoms with E-state index in [4.69, 9.17) is 9.47 Å². The van der Waals surface area contributed by atoms with Crippen molar-refractivity contribution in [3.05, 3.63) is 0 Å². The lowest BCUT2D eigenvalue weighted by Gasteiger charge is -2.30. The summed E-state index contributed by atoms with van der Waals surface area (Å²) in [4.78, 5) is 25.3. The summed E-state index contributed by atoms with van der Waals surface area (Å²) in [6, 6.07) is 0. The molecule has 0 saturated carbocycles. The smallest absolute Gasteiger partial charge is 0.403 e. The Kier molecular flexibility index (Phi) is 21.0. The van der Waals surface area contributed by atoms with Crippen LogP contribution in [0.4, 0.5) is 0 Å². The second kappa shape index (κ2) is 20.1. The summed E-state index contributed by atoms with van der Waals surface area (Å²) >= 11 is 0. The molecule has 0 radical (unpaired) electrons. The van der Waals surface area contributed by atoms with Crippen LogP contribution in [0.5, 0.6) is 0 Å². The third kappa shape index (κ3) is 16.9. The number of ether oxygens (including phenoxy) is 2. The molecular formula is C24H48ClNO4. The van der Waals surface area contributed by atoms with E-state index in [2.05, 4.69) is 13.8 Å². The summed E-state index contributed by atoms with van der Waals surface area (Å²) in [5, 5.41) is 0. The fraction of sp³-hybridized carbons (Fsp3) is 0.917. The highest BCUT2D eigenvalue weighted by Crippen LogP contribution is 2.14. The maximum atomic E-state index is 12.2. The Labute approximate surface area is 192 Å². The van der Waals surface area contributed by atoms with Crippen LogP contribution in [0.15, 0.2) is 0 Å². The van der Waals surface area contributed by atoms with Crippen molar-refractivity contribution >= 4 is 11.9 Å².